The fraction of sp³-hybridized carbons (Fsp3) is 0.579. The number of methoxy groups -OCH3 is 1. The van der Waals surface area contributed by atoms with Crippen LogP contribution in [-0.4, -0.2) is 60.2 Å². The molecule has 1 aromatic carbocycles. The molecule has 7 heteroatoms. The zero-order chi connectivity index (χ0) is 18.5. The monoisotopic (exact) mass is 375 g/mol. The summed E-state index contributed by atoms with van der Waals surface area (Å²) in [6, 6.07) is 7.26. The molecule has 1 aliphatic rings. The van der Waals surface area contributed by atoms with Crippen LogP contribution >= 0.6 is 11.5 Å². The molecule has 0 aliphatic carbocycles. The minimum Gasteiger partial charge on any atom is -0.384 e. The molecule has 0 unspecified atom stereocenters. The standard InChI is InChI=1S/C19H29N5OS/c1-14(2)23-6-8-24(9-7-23)17-12-15(3)11-16(13-17)20-19-21-18(22-26-19)5-10-25-4/h11-14H,5-10H2,1-4H3,(H,20,21,22). The van der Waals surface area contributed by atoms with E-state index in [1.165, 1.54) is 22.8 Å². The largest absolute Gasteiger partial charge is 0.384 e. The number of benzene rings is 1. The molecule has 0 atom stereocenters. The van der Waals surface area contributed by atoms with E-state index in [9.17, 15) is 0 Å². The van der Waals surface area contributed by atoms with Crippen molar-refractivity contribution in [2.45, 2.75) is 33.2 Å². The van der Waals surface area contributed by atoms with E-state index in [0.717, 1.165) is 49.2 Å². The minimum absolute atomic E-state index is 0.622. The van der Waals surface area contributed by atoms with E-state index in [1.807, 2.05) is 0 Å². The molecule has 0 radical (unpaired) electrons. The Morgan fingerprint density at radius 3 is 2.65 bits per heavy atom. The van der Waals surface area contributed by atoms with Gasteiger partial charge in [-0.3, -0.25) is 4.90 Å². The maximum atomic E-state index is 5.09. The van der Waals surface area contributed by atoms with Gasteiger partial charge in [-0.2, -0.15) is 4.37 Å². The molecular weight excluding hydrogens is 346 g/mol. The van der Waals surface area contributed by atoms with Crippen LogP contribution in [0.2, 0.25) is 0 Å². The second-order valence-corrected chi connectivity index (χ2v) is 7.81. The summed E-state index contributed by atoms with van der Waals surface area (Å²) in [7, 11) is 1.70. The summed E-state index contributed by atoms with van der Waals surface area (Å²) in [5.41, 5.74) is 3.60. The molecule has 3 rings (SSSR count). The number of hydrogen-bond donors (Lipinski definition) is 1. The third-order valence-electron chi connectivity index (χ3n) is 4.72. The number of anilines is 3. The lowest BCUT2D eigenvalue weighted by Crippen LogP contribution is -2.48. The van der Waals surface area contributed by atoms with Crippen LogP contribution < -0.4 is 10.2 Å². The number of rotatable bonds is 7. The number of nitrogens with zero attached hydrogens (tertiary/aromatic N) is 4. The summed E-state index contributed by atoms with van der Waals surface area (Å²) in [6.07, 6.45) is 0.744. The SMILES string of the molecule is COCCc1nsc(Nc2cc(C)cc(N3CCN(C(C)C)CC3)c2)n1. The first-order chi connectivity index (χ1) is 12.5. The first kappa shape index (κ1) is 19.1. The molecule has 26 heavy (non-hydrogen) atoms. The highest BCUT2D eigenvalue weighted by Crippen LogP contribution is 2.26. The Kier molecular flexibility index (Phi) is 6.45. The Labute approximate surface area is 160 Å². The second kappa shape index (κ2) is 8.79. The summed E-state index contributed by atoms with van der Waals surface area (Å²) in [5.74, 6) is 0.831. The average Bonchev–Trinajstić information content (AvgIpc) is 3.06. The van der Waals surface area contributed by atoms with Gasteiger partial charge < -0.3 is 15.0 Å². The van der Waals surface area contributed by atoms with E-state index in [4.69, 9.17) is 4.74 Å². The van der Waals surface area contributed by atoms with Gasteiger partial charge in [0.2, 0.25) is 5.13 Å². The molecule has 0 saturated carbocycles. The molecule has 0 bridgehead atoms. The van der Waals surface area contributed by atoms with Crippen LogP contribution in [0.15, 0.2) is 18.2 Å². The molecule has 2 aromatic rings. The van der Waals surface area contributed by atoms with Gasteiger partial charge in [0.1, 0.15) is 5.82 Å². The minimum atomic E-state index is 0.622. The van der Waals surface area contributed by atoms with Gasteiger partial charge in [0.15, 0.2) is 0 Å². The highest BCUT2D eigenvalue weighted by atomic mass is 32.1. The lowest BCUT2D eigenvalue weighted by Gasteiger charge is -2.38. The average molecular weight is 376 g/mol. The summed E-state index contributed by atoms with van der Waals surface area (Å²) >= 11 is 1.40. The van der Waals surface area contributed by atoms with Crippen molar-refractivity contribution in [2.24, 2.45) is 0 Å². The molecule has 2 heterocycles. The van der Waals surface area contributed by atoms with Gasteiger partial charge in [-0.15, -0.1) is 0 Å². The van der Waals surface area contributed by atoms with E-state index in [-0.39, 0.29) is 0 Å². The van der Waals surface area contributed by atoms with Crippen LogP contribution in [0.5, 0.6) is 0 Å². The number of aryl methyl sites for hydroxylation is 1. The number of nitrogens with one attached hydrogen (secondary N) is 1. The molecule has 0 amide bonds. The number of piperazine rings is 1. The first-order valence-corrected chi connectivity index (χ1v) is 10.0. The predicted molar refractivity (Wildman–Crippen MR) is 109 cm³/mol. The van der Waals surface area contributed by atoms with Crippen LogP contribution in [0.4, 0.5) is 16.5 Å². The topological polar surface area (TPSA) is 53.5 Å². The van der Waals surface area contributed by atoms with Crippen molar-refractivity contribution in [2.75, 3.05) is 50.1 Å². The maximum absolute atomic E-state index is 5.09. The quantitative estimate of drug-likeness (QED) is 0.801. The van der Waals surface area contributed by atoms with Crippen LogP contribution in [0.25, 0.3) is 0 Å². The van der Waals surface area contributed by atoms with Gasteiger partial charge in [-0.05, 0) is 44.5 Å². The van der Waals surface area contributed by atoms with Gasteiger partial charge in [-0.25, -0.2) is 4.98 Å². The van der Waals surface area contributed by atoms with E-state index < -0.39 is 0 Å². The zero-order valence-corrected chi connectivity index (χ0v) is 17.0. The molecule has 0 spiro atoms. The summed E-state index contributed by atoms with van der Waals surface area (Å²) in [6.45, 7) is 11.7. The van der Waals surface area contributed by atoms with Gasteiger partial charge in [-0.1, -0.05) is 0 Å². The molecule has 1 aromatic heterocycles. The highest BCUT2D eigenvalue weighted by molar-refractivity contribution is 7.09. The lowest BCUT2D eigenvalue weighted by molar-refractivity contribution is 0.201. The summed E-state index contributed by atoms with van der Waals surface area (Å²) in [5, 5.41) is 4.25. The Balaban J connectivity index is 1.67. The first-order valence-electron chi connectivity index (χ1n) is 9.24. The van der Waals surface area contributed by atoms with Gasteiger partial charge >= 0.3 is 0 Å². The third-order valence-corrected chi connectivity index (χ3v) is 5.39. The molecule has 6 nitrogen and oxygen atoms in total. The van der Waals surface area contributed by atoms with Crippen molar-refractivity contribution >= 4 is 28.0 Å². The van der Waals surface area contributed by atoms with E-state index >= 15 is 0 Å². The zero-order valence-electron chi connectivity index (χ0n) is 16.2. The molecule has 1 fully saturated rings. The summed E-state index contributed by atoms with van der Waals surface area (Å²) < 4.78 is 9.47. The predicted octanol–water partition coefficient (Wildman–Crippen LogP) is 3.31. The maximum Gasteiger partial charge on any atom is 0.207 e. The number of aromatic nitrogens is 2. The molecular formula is C19H29N5OS. The summed E-state index contributed by atoms with van der Waals surface area (Å²) in [4.78, 5) is 9.55. The molecule has 1 aliphatic heterocycles. The fourth-order valence-electron chi connectivity index (χ4n) is 3.24. The van der Waals surface area contributed by atoms with Crippen molar-refractivity contribution in [3.63, 3.8) is 0 Å². The lowest BCUT2D eigenvalue weighted by atomic mass is 10.1. The molecule has 142 valence electrons. The van der Waals surface area contributed by atoms with E-state index in [0.29, 0.717) is 12.6 Å². The van der Waals surface area contributed by atoms with Crippen molar-refractivity contribution < 1.29 is 4.74 Å². The van der Waals surface area contributed by atoms with Crippen molar-refractivity contribution in [3.8, 4) is 0 Å². The van der Waals surface area contributed by atoms with E-state index in [1.54, 1.807) is 7.11 Å². The Bertz CT molecular complexity index is 710. The highest BCUT2D eigenvalue weighted by Gasteiger charge is 2.19. The van der Waals surface area contributed by atoms with Gasteiger partial charge in [0.25, 0.3) is 0 Å². The van der Waals surface area contributed by atoms with Gasteiger partial charge in [0, 0.05) is 68.7 Å². The normalized spacial score (nSPS) is 15.7. The Hall–Kier alpha value is -1.70. The Morgan fingerprint density at radius 1 is 1.19 bits per heavy atom. The molecule has 1 saturated heterocycles. The van der Waals surface area contributed by atoms with Crippen molar-refractivity contribution in [3.05, 3.63) is 29.6 Å². The second-order valence-electron chi connectivity index (χ2n) is 7.06. The Morgan fingerprint density at radius 2 is 1.96 bits per heavy atom. The van der Waals surface area contributed by atoms with Crippen molar-refractivity contribution in [1.82, 2.24) is 14.3 Å². The number of hydrogen-bond acceptors (Lipinski definition) is 7. The van der Waals surface area contributed by atoms with Crippen LogP contribution in [0.1, 0.15) is 25.2 Å². The van der Waals surface area contributed by atoms with Crippen LogP contribution in [-0.2, 0) is 11.2 Å². The van der Waals surface area contributed by atoms with E-state index in [2.05, 4.69) is 63.4 Å². The molecule has 1 N–H and O–H groups in total. The fourth-order valence-corrected chi connectivity index (χ4v) is 3.87. The van der Waals surface area contributed by atoms with Crippen LogP contribution in [0.3, 0.4) is 0 Å². The third kappa shape index (κ3) is 4.93. The van der Waals surface area contributed by atoms with Gasteiger partial charge in [0.05, 0.1) is 6.61 Å². The van der Waals surface area contributed by atoms with Crippen LogP contribution in [0, 0.1) is 6.92 Å². The number of ether oxygens (including phenoxy) is 1. The smallest absolute Gasteiger partial charge is 0.207 e. The van der Waals surface area contributed by atoms with Crippen molar-refractivity contribution in [1.29, 1.82) is 0 Å².